The van der Waals surface area contributed by atoms with Crippen LogP contribution in [0.1, 0.15) is 6.42 Å². The normalized spacial score (nSPS) is 15.6. The van der Waals surface area contributed by atoms with Crippen LogP contribution in [-0.2, 0) is 0 Å². The average molecular weight is 1010 g/mol. The maximum Gasteiger partial charge on any atom is 0.412 e. The first-order valence-electron chi connectivity index (χ1n) is 3.10. The van der Waals surface area contributed by atoms with Gasteiger partial charge >= 0.3 is 6.18 Å². The lowest BCUT2D eigenvalue weighted by atomic mass is 10.2. The Bertz CT molecular complexity index is 204. The van der Waals surface area contributed by atoms with Crippen LogP contribution in [0.5, 0.6) is 0 Å². The van der Waals surface area contributed by atoms with Crippen LogP contribution >= 0.6 is 158 Å². The maximum absolute atomic E-state index is 12.7. The Morgan fingerprint density at radius 1 is 0.667 bits per heavy atom. The molecule has 0 aromatic carbocycles. The van der Waals surface area contributed by atoms with Gasteiger partial charge in [-0.05, 0) is 0 Å². The summed E-state index contributed by atoms with van der Waals surface area (Å²) < 4.78 is 35.7. The summed E-state index contributed by atoms with van der Waals surface area (Å²) in [5, 5.41) is 0. The summed E-state index contributed by atoms with van der Waals surface area (Å²) >= 11 is 13.7. The third-order valence-corrected chi connectivity index (χ3v) is 14.6. The van der Waals surface area contributed by atoms with Crippen molar-refractivity contribution in [1.29, 1.82) is 0 Å². The van der Waals surface area contributed by atoms with Crippen molar-refractivity contribution in [2.75, 3.05) is 0 Å². The molecule has 92 valence electrons. The van der Waals surface area contributed by atoms with E-state index >= 15 is 0 Å². The quantitative estimate of drug-likeness (QED) is 0.211. The van der Waals surface area contributed by atoms with Crippen molar-refractivity contribution in [3.05, 3.63) is 0 Å². The van der Waals surface area contributed by atoms with Gasteiger partial charge < -0.3 is 0 Å². The molecule has 0 aliphatic carbocycles. The smallest absolute Gasteiger partial charge is 0.169 e. The third-order valence-electron chi connectivity index (χ3n) is 1.27. The molecule has 0 nitrogen and oxygen atoms in total. The molecule has 0 atom stereocenters. The summed E-state index contributed by atoms with van der Waals surface area (Å²) in [6.45, 7) is 0. The van der Waals surface area contributed by atoms with E-state index < -0.39 is 9.03 Å². The number of hydrogen-bond donors (Lipinski definition) is 0. The van der Waals surface area contributed by atoms with Gasteiger partial charge in [0.05, 0.1) is 0 Å². The van der Waals surface area contributed by atoms with Gasteiger partial charge in [-0.3, -0.25) is 0 Å². The van der Waals surface area contributed by atoms with Crippen molar-refractivity contribution in [1.82, 2.24) is 0 Å². The second kappa shape index (κ2) is 6.77. The molecular formula is C5H2F3I7. The topological polar surface area (TPSA) is 0 Å². The molecule has 10 heteroatoms. The molecule has 0 amide bonds. The van der Waals surface area contributed by atoms with Crippen molar-refractivity contribution < 1.29 is 13.2 Å². The van der Waals surface area contributed by atoms with Crippen LogP contribution < -0.4 is 0 Å². The molecule has 0 spiro atoms. The van der Waals surface area contributed by atoms with Gasteiger partial charge in [-0.2, -0.15) is 13.2 Å². The zero-order chi connectivity index (χ0) is 12.7. The van der Waals surface area contributed by atoms with Gasteiger partial charge in [-0.25, -0.2) is 0 Å². The Morgan fingerprint density at radius 3 is 1.20 bits per heavy atom. The molecule has 0 fully saturated rings. The van der Waals surface area contributed by atoms with E-state index in [0.29, 0.717) is 0 Å². The molecule has 0 rings (SSSR count). The number of rotatable bonds is 3. The molecule has 0 radical (unpaired) electrons. The minimum Gasteiger partial charge on any atom is -0.169 e. The van der Waals surface area contributed by atoms with Gasteiger partial charge in [-0.15, -0.1) is 0 Å². The second-order valence-electron chi connectivity index (χ2n) is 2.58. The predicted octanol–water partition coefficient (Wildman–Crippen LogP) is 7.03. The fourth-order valence-corrected chi connectivity index (χ4v) is 6.26. The molecule has 0 aromatic heterocycles. The highest BCUT2D eigenvalue weighted by atomic mass is 127. The van der Waals surface area contributed by atoms with Crippen molar-refractivity contribution in [3.63, 3.8) is 0 Å². The van der Waals surface area contributed by atoms with Crippen molar-refractivity contribution in [2.45, 2.75) is 14.9 Å². The zero-order valence-electron chi connectivity index (χ0n) is 6.49. The summed E-state index contributed by atoms with van der Waals surface area (Å²) in [7, 11) is 0. The maximum atomic E-state index is 12.7. The van der Waals surface area contributed by atoms with E-state index in [1.807, 2.05) is 0 Å². The van der Waals surface area contributed by atoms with Crippen LogP contribution in [0, 0.1) is 0 Å². The fraction of sp³-hybridized carbons (Fsp3) is 1.00. The van der Waals surface area contributed by atoms with E-state index in [0.717, 1.165) is 0 Å². The average Bonchev–Trinajstić information content (AvgIpc) is 1.77. The summed E-state index contributed by atoms with van der Waals surface area (Å²) in [5.41, 5.74) is 0. The Kier molecular flexibility index (Phi) is 8.99. The molecule has 0 N–H and O–H groups in total. The Labute approximate surface area is 182 Å². The Balaban J connectivity index is 4.89. The van der Waals surface area contributed by atoms with Crippen molar-refractivity contribution >= 4 is 158 Å². The summed E-state index contributed by atoms with van der Waals surface area (Å²) in [6.07, 6.45) is -4.11. The summed E-state index contributed by atoms with van der Waals surface area (Å²) in [4.78, 5) is 0. The minimum absolute atomic E-state index is 0.0700. The van der Waals surface area contributed by atoms with Gasteiger partial charge in [0.2, 0.25) is 0 Å². The third kappa shape index (κ3) is 6.46. The standard InChI is InChI=1S/C5H2F3I7/c6-4(7,8)2(9,10)1-3(11,12)5(13,14)15/h1H2. The lowest BCUT2D eigenvalue weighted by molar-refractivity contribution is -0.129. The highest BCUT2D eigenvalue weighted by Gasteiger charge is 2.57. The van der Waals surface area contributed by atoms with Gasteiger partial charge in [0.1, 0.15) is 0.864 Å². The highest BCUT2D eigenvalue weighted by Crippen LogP contribution is 2.61. The van der Waals surface area contributed by atoms with Crippen molar-refractivity contribution in [3.8, 4) is 0 Å². The zero-order valence-corrected chi connectivity index (χ0v) is 21.6. The van der Waals surface area contributed by atoms with Crippen LogP contribution in [0.4, 0.5) is 13.2 Å². The molecule has 0 aliphatic rings. The first kappa shape index (κ1) is 19.9. The second-order valence-corrected chi connectivity index (χ2v) is 25.1. The van der Waals surface area contributed by atoms with Gasteiger partial charge in [-0.1, -0.05) is 158 Å². The monoisotopic (exact) mass is 1010 g/mol. The molecule has 0 saturated heterocycles. The molecule has 0 aromatic rings. The molecular weight excluding hydrogens is 1010 g/mol. The number of halogens is 10. The van der Waals surface area contributed by atoms with E-state index in [9.17, 15) is 13.2 Å². The van der Waals surface area contributed by atoms with E-state index in [1.165, 1.54) is 45.2 Å². The van der Waals surface area contributed by atoms with E-state index in [1.54, 1.807) is 0 Å². The molecule has 0 unspecified atom stereocenters. The summed E-state index contributed by atoms with van der Waals surface area (Å²) in [5.74, 6) is 0. The predicted molar refractivity (Wildman–Crippen MR) is 117 cm³/mol. The molecule has 0 saturated carbocycles. The van der Waals surface area contributed by atoms with Gasteiger partial charge in [0.25, 0.3) is 0 Å². The number of hydrogen-bond acceptors (Lipinski definition) is 0. The summed E-state index contributed by atoms with van der Waals surface area (Å²) in [6, 6.07) is 0. The molecule has 0 aliphatic heterocycles. The van der Waals surface area contributed by atoms with Crippen LogP contribution in [0.25, 0.3) is 0 Å². The lowest BCUT2D eigenvalue weighted by Crippen LogP contribution is -2.41. The molecule has 15 heavy (non-hydrogen) atoms. The lowest BCUT2D eigenvalue weighted by Gasteiger charge is -2.36. The highest BCUT2D eigenvalue weighted by molar-refractivity contribution is 14.3. The Hall–Kier alpha value is 4.90. The van der Waals surface area contributed by atoms with Gasteiger partial charge in [0.15, 0.2) is 1.43 Å². The van der Waals surface area contributed by atoms with Crippen LogP contribution in [0.3, 0.4) is 0 Å². The fourth-order valence-electron chi connectivity index (χ4n) is 0.479. The SMILES string of the molecule is FC(F)(F)C(I)(I)CC(I)(I)C(I)(I)I. The number of alkyl halides is 10. The molecule has 0 bridgehead atoms. The van der Waals surface area contributed by atoms with Crippen LogP contribution in [0.15, 0.2) is 0 Å². The Morgan fingerprint density at radius 2 is 1.00 bits per heavy atom. The first-order valence-corrected chi connectivity index (χ1v) is 10.6. The van der Waals surface area contributed by atoms with Crippen molar-refractivity contribution in [2.24, 2.45) is 0 Å². The van der Waals surface area contributed by atoms with Gasteiger partial charge in [0, 0.05) is 6.42 Å². The van der Waals surface area contributed by atoms with E-state index in [4.69, 9.17) is 0 Å². The largest absolute Gasteiger partial charge is 0.412 e. The van der Waals surface area contributed by atoms with E-state index in [2.05, 4.69) is 113 Å². The van der Waals surface area contributed by atoms with Crippen LogP contribution in [-0.4, -0.2) is 8.47 Å². The minimum atomic E-state index is -4.18. The van der Waals surface area contributed by atoms with E-state index in [-0.39, 0.29) is 5.86 Å². The molecule has 0 heterocycles. The first-order chi connectivity index (χ1) is 6.21. The van der Waals surface area contributed by atoms with Crippen LogP contribution in [0.2, 0.25) is 0 Å².